The lowest BCUT2D eigenvalue weighted by Crippen LogP contribution is -1.93. The first-order valence-corrected chi connectivity index (χ1v) is 4.09. The van der Waals surface area contributed by atoms with Crippen LogP contribution in [0.25, 0.3) is 0 Å². The van der Waals surface area contributed by atoms with Crippen molar-refractivity contribution < 1.29 is 9.09 Å². The van der Waals surface area contributed by atoms with Crippen LogP contribution in [-0.4, -0.2) is 24.5 Å². The van der Waals surface area contributed by atoms with E-state index in [0.717, 1.165) is 5.30 Å². The fourth-order valence-electron chi connectivity index (χ4n) is 0.655. The maximum absolute atomic E-state index is 10.9. The molecule has 0 spiro atoms. The highest BCUT2D eigenvalue weighted by Gasteiger charge is 2.17. The molecule has 0 radical (unpaired) electrons. The zero-order valence-corrected chi connectivity index (χ0v) is 6.54. The molecule has 0 aliphatic rings. The minimum Gasteiger partial charge on any atom is -0.145 e. The zero-order valence-electron chi connectivity index (χ0n) is 5.65. The molecule has 0 N–H and O–H groups in total. The summed E-state index contributed by atoms with van der Waals surface area (Å²) in [6.45, 7) is 0. The Balaban J connectivity index is 0.000001000. The van der Waals surface area contributed by atoms with Crippen LogP contribution in [-0.2, 0) is 9.09 Å². The zero-order chi connectivity index (χ0) is 7.40. The van der Waals surface area contributed by atoms with Gasteiger partial charge in [-0.3, -0.25) is 0 Å². The Morgan fingerprint density at radius 1 is 1.27 bits per heavy atom. The highest BCUT2D eigenvalue weighted by Crippen LogP contribution is 2.18. The normalized spacial score (nSPS) is 10.1. The molecule has 0 aromatic heterocycles. The molecule has 4 heteroatoms. The lowest BCUT2D eigenvalue weighted by molar-refractivity contribution is 0.423. The van der Waals surface area contributed by atoms with Gasteiger partial charge in [-0.15, -0.1) is 4.52 Å². The van der Waals surface area contributed by atoms with Crippen LogP contribution >= 0.6 is 8.03 Å². The third-order valence-corrected chi connectivity index (χ3v) is 2.18. The summed E-state index contributed by atoms with van der Waals surface area (Å²) >= 11 is 0. The van der Waals surface area contributed by atoms with Gasteiger partial charge in [0.25, 0.3) is 0 Å². The molecule has 1 rings (SSSR count). The molecule has 0 heterocycles. The van der Waals surface area contributed by atoms with Gasteiger partial charge in [-0.2, -0.15) is 0 Å². The second-order valence-electron chi connectivity index (χ2n) is 1.78. The molecular weight excluding hydrogens is 174 g/mol. The Labute approximate surface area is 77.6 Å². The minimum absolute atomic E-state index is 0. The van der Waals surface area contributed by atoms with Crippen LogP contribution in [0.4, 0.5) is 0 Å². The van der Waals surface area contributed by atoms with Gasteiger partial charge in [0.2, 0.25) is 5.30 Å². The van der Waals surface area contributed by atoms with Crippen LogP contribution < -0.4 is 5.30 Å². The van der Waals surface area contributed by atoms with Crippen molar-refractivity contribution in [2.75, 3.05) is 7.11 Å². The molecule has 0 aliphatic heterocycles. The summed E-state index contributed by atoms with van der Waals surface area (Å²) in [7, 11) is -0.187. The molecule has 0 aliphatic carbocycles. The van der Waals surface area contributed by atoms with Crippen LogP contribution in [0.2, 0.25) is 0 Å². The molecule has 1 aromatic rings. The van der Waals surface area contributed by atoms with E-state index in [1.54, 1.807) is 12.1 Å². The van der Waals surface area contributed by atoms with E-state index in [2.05, 4.69) is 4.52 Å². The first kappa shape index (κ1) is 10.8. The molecule has 0 fully saturated rings. The minimum atomic E-state index is -1.62. The van der Waals surface area contributed by atoms with E-state index in [4.69, 9.17) is 0 Å². The first-order valence-electron chi connectivity index (χ1n) is 2.91. The highest BCUT2D eigenvalue weighted by atomic mass is 31.1. The summed E-state index contributed by atoms with van der Waals surface area (Å²) < 4.78 is 15.6. The Morgan fingerprint density at radius 3 is 2.27 bits per heavy atom. The van der Waals surface area contributed by atoms with Crippen molar-refractivity contribution in [1.29, 1.82) is 0 Å². The molecule has 1 atom stereocenters. The van der Waals surface area contributed by atoms with Crippen molar-refractivity contribution in [2.45, 2.75) is 0 Å². The van der Waals surface area contributed by atoms with Crippen LogP contribution in [0.1, 0.15) is 0 Å². The van der Waals surface area contributed by atoms with Gasteiger partial charge in [0, 0.05) is 0 Å². The largest absolute Gasteiger partial charge is 0.548 e. The molecule has 1 unspecified atom stereocenters. The van der Waals surface area contributed by atoms with Crippen molar-refractivity contribution >= 4 is 30.7 Å². The van der Waals surface area contributed by atoms with Crippen molar-refractivity contribution in [1.82, 2.24) is 0 Å². The number of hydrogen-bond acceptors (Lipinski definition) is 2. The average Bonchev–Trinajstić information content (AvgIpc) is 2.05. The summed E-state index contributed by atoms with van der Waals surface area (Å²) in [5.74, 6) is 0. The van der Waals surface area contributed by atoms with Gasteiger partial charge in [-0.05, 0) is 16.7 Å². The highest BCUT2D eigenvalue weighted by molar-refractivity contribution is 7.48. The lowest BCUT2D eigenvalue weighted by atomic mass is 10.4. The summed E-state index contributed by atoms with van der Waals surface area (Å²) in [5, 5.41) is 0.736. The van der Waals surface area contributed by atoms with Crippen molar-refractivity contribution in [3.8, 4) is 0 Å². The second-order valence-corrected chi connectivity index (χ2v) is 3.17. The Morgan fingerprint density at radius 2 is 1.82 bits per heavy atom. The SMILES string of the molecule is CO[P+](=O)c1ccccc1.[AlH3]. The second kappa shape index (κ2) is 5.46. The van der Waals surface area contributed by atoms with Crippen molar-refractivity contribution in [3.05, 3.63) is 30.3 Å². The van der Waals surface area contributed by atoms with Gasteiger partial charge in [0.15, 0.2) is 17.4 Å². The Kier molecular flexibility index (Phi) is 5.37. The quantitative estimate of drug-likeness (QED) is 0.496. The molecular formula is C7H11AlO2P+. The van der Waals surface area contributed by atoms with Gasteiger partial charge in [0.05, 0.1) is 7.11 Å². The number of hydrogen-bond donors (Lipinski definition) is 0. The monoisotopic (exact) mass is 185 g/mol. The van der Waals surface area contributed by atoms with Crippen LogP contribution in [0.5, 0.6) is 0 Å². The molecule has 0 amide bonds. The smallest absolute Gasteiger partial charge is 0.145 e. The van der Waals surface area contributed by atoms with Gasteiger partial charge in [-0.25, -0.2) is 0 Å². The molecule has 0 saturated carbocycles. The van der Waals surface area contributed by atoms with Gasteiger partial charge < -0.3 is 0 Å². The molecule has 0 bridgehead atoms. The summed E-state index contributed by atoms with van der Waals surface area (Å²) in [6, 6.07) is 9.11. The van der Waals surface area contributed by atoms with E-state index < -0.39 is 8.03 Å². The maximum Gasteiger partial charge on any atom is 0.548 e. The predicted octanol–water partition coefficient (Wildman–Crippen LogP) is 0.517. The van der Waals surface area contributed by atoms with E-state index in [1.807, 2.05) is 18.2 Å². The van der Waals surface area contributed by atoms with Crippen LogP contribution in [0.3, 0.4) is 0 Å². The first-order chi connectivity index (χ1) is 4.84. The van der Waals surface area contributed by atoms with E-state index >= 15 is 0 Å². The van der Waals surface area contributed by atoms with E-state index in [1.165, 1.54) is 7.11 Å². The van der Waals surface area contributed by atoms with Crippen molar-refractivity contribution in [2.24, 2.45) is 0 Å². The van der Waals surface area contributed by atoms with Gasteiger partial charge >= 0.3 is 8.03 Å². The molecule has 1 aromatic carbocycles. The standard InChI is InChI=1S/C7H8O2P.Al.3H/c1-9-10(8)7-5-3-2-4-6-7;;;;/h2-6H,1H3;;;;/q+1;;;;. The summed E-state index contributed by atoms with van der Waals surface area (Å²) in [6.07, 6.45) is 0. The van der Waals surface area contributed by atoms with Crippen molar-refractivity contribution in [3.63, 3.8) is 0 Å². The van der Waals surface area contributed by atoms with Gasteiger partial charge in [0.1, 0.15) is 0 Å². The fourth-order valence-corrected chi connectivity index (χ4v) is 1.28. The van der Waals surface area contributed by atoms with E-state index in [0.29, 0.717) is 0 Å². The molecule has 11 heavy (non-hydrogen) atoms. The van der Waals surface area contributed by atoms with Crippen LogP contribution in [0, 0.1) is 0 Å². The predicted molar refractivity (Wildman–Crippen MR) is 50.6 cm³/mol. The number of benzene rings is 1. The number of rotatable bonds is 2. The topological polar surface area (TPSA) is 26.3 Å². The Bertz CT molecular complexity index is 225. The average molecular weight is 185 g/mol. The Hall–Kier alpha value is -0.188. The molecule has 2 nitrogen and oxygen atoms in total. The fraction of sp³-hybridized carbons (Fsp3) is 0.143. The van der Waals surface area contributed by atoms with E-state index in [-0.39, 0.29) is 17.4 Å². The third kappa shape index (κ3) is 3.14. The molecule has 58 valence electrons. The van der Waals surface area contributed by atoms with Crippen LogP contribution in [0.15, 0.2) is 30.3 Å². The summed E-state index contributed by atoms with van der Waals surface area (Å²) in [4.78, 5) is 0. The van der Waals surface area contributed by atoms with Gasteiger partial charge in [-0.1, -0.05) is 18.2 Å². The maximum atomic E-state index is 10.9. The lowest BCUT2D eigenvalue weighted by Gasteiger charge is -1.80. The third-order valence-electron chi connectivity index (χ3n) is 1.13. The summed E-state index contributed by atoms with van der Waals surface area (Å²) in [5.41, 5.74) is 0. The molecule has 0 saturated heterocycles. The van der Waals surface area contributed by atoms with E-state index in [9.17, 15) is 4.57 Å².